The molecule has 2 aliphatic rings. The monoisotopic (exact) mass is 547 g/mol. The molecular weight excluding hydrogens is 514 g/mol. The summed E-state index contributed by atoms with van der Waals surface area (Å²) >= 11 is 0. The van der Waals surface area contributed by atoms with Crippen molar-refractivity contribution >= 4 is 10.9 Å². The zero-order chi connectivity index (χ0) is 27.5. The van der Waals surface area contributed by atoms with Gasteiger partial charge in [0.1, 0.15) is 11.8 Å². The van der Waals surface area contributed by atoms with E-state index in [9.17, 15) is 4.79 Å². The Morgan fingerprint density at radius 2 is 1.90 bits per heavy atom. The number of nitrogens with one attached hydrogen (secondary N) is 1. The number of benzene rings is 2. The van der Waals surface area contributed by atoms with Crippen LogP contribution in [0.3, 0.4) is 0 Å². The lowest BCUT2D eigenvalue weighted by atomic mass is 10.0. The number of aromatic nitrogens is 5. The van der Waals surface area contributed by atoms with E-state index in [1.54, 1.807) is 11.8 Å². The van der Waals surface area contributed by atoms with Crippen LogP contribution in [0.1, 0.15) is 29.9 Å². The summed E-state index contributed by atoms with van der Waals surface area (Å²) in [5, 5.41) is 13.5. The third kappa shape index (κ3) is 5.37. The summed E-state index contributed by atoms with van der Waals surface area (Å²) in [6.07, 6.45) is 0. The summed E-state index contributed by atoms with van der Waals surface area (Å²) in [6.45, 7) is 7.65. The minimum absolute atomic E-state index is 0.161. The van der Waals surface area contributed by atoms with Crippen molar-refractivity contribution in [3.63, 3.8) is 0 Å². The molecule has 12 nitrogen and oxygen atoms in total. The van der Waals surface area contributed by atoms with Gasteiger partial charge in [0.05, 0.1) is 19.8 Å². The van der Waals surface area contributed by atoms with Crippen molar-refractivity contribution in [1.82, 2.24) is 35.0 Å². The molecule has 1 saturated heterocycles. The molecule has 0 bridgehead atoms. The van der Waals surface area contributed by atoms with Crippen LogP contribution >= 0.6 is 0 Å². The summed E-state index contributed by atoms with van der Waals surface area (Å²) in [5.74, 6) is 2.96. The van der Waals surface area contributed by atoms with E-state index in [4.69, 9.17) is 18.9 Å². The molecule has 1 fully saturated rings. The Bertz CT molecular complexity index is 1530. The van der Waals surface area contributed by atoms with Gasteiger partial charge in [0, 0.05) is 56.3 Å². The number of H-pyrrole nitrogens is 1. The fourth-order valence-corrected chi connectivity index (χ4v) is 5.38. The molecule has 4 aromatic rings. The van der Waals surface area contributed by atoms with Gasteiger partial charge in [0.15, 0.2) is 17.3 Å². The summed E-state index contributed by atoms with van der Waals surface area (Å²) in [4.78, 5) is 21.2. The maximum Gasteiger partial charge on any atom is 0.253 e. The maximum absolute atomic E-state index is 13.5. The highest BCUT2D eigenvalue weighted by molar-refractivity contribution is 5.80. The van der Waals surface area contributed by atoms with Gasteiger partial charge >= 0.3 is 0 Å². The highest BCUT2D eigenvalue weighted by Crippen LogP contribution is 2.33. The van der Waals surface area contributed by atoms with Gasteiger partial charge in [-0.2, -0.15) is 0 Å². The number of ether oxygens (including phenoxy) is 4. The van der Waals surface area contributed by atoms with Crippen LogP contribution in [-0.2, 0) is 17.8 Å². The van der Waals surface area contributed by atoms with Crippen molar-refractivity contribution in [3.8, 4) is 17.2 Å². The second kappa shape index (κ2) is 11.6. The number of aromatic amines is 1. The second-order valence-corrected chi connectivity index (χ2v) is 9.89. The Morgan fingerprint density at radius 1 is 1.05 bits per heavy atom. The zero-order valence-electron chi connectivity index (χ0n) is 22.7. The molecule has 1 atom stereocenters. The van der Waals surface area contributed by atoms with Crippen LogP contribution < -0.4 is 19.8 Å². The van der Waals surface area contributed by atoms with E-state index in [-0.39, 0.29) is 12.4 Å². The number of hydrogen-bond donors (Lipinski definition) is 1. The highest BCUT2D eigenvalue weighted by Gasteiger charge is 2.33. The predicted molar refractivity (Wildman–Crippen MR) is 147 cm³/mol. The van der Waals surface area contributed by atoms with Gasteiger partial charge < -0.3 is 23.9 Å². The van der Waals surface area contributed by atoms with Gasteiger partial charge in [-0.15, -0.1) is 5.10 Å². The van der Waals surface area contributed by atoms with Crippen molar-refractivity contribution in [1.29, 1.82) is 0 Å². The average Bonchev–Trinajstić information content (AvgIpc) is 3.63. The summed E-state index contributed by atoms with van der Waals surface area (Å²) in [7, 11) is 1.64. The molecule has 0 aliphatic carbocycles. The zero-order valence-corrected chi connectivity index (χ0v) is 22.7. The molecule has 2 aromatic heterocycles. The first kappa shape index (κ1) is 26.2. The maximum atomic E-state index is 13.5. The van der Waals surface area contributed by atoms with Crippen molar-refractivity contribution in [2.24, 2.45) is 0 Å². The molecule has 6 rings (SSSR count). The number of nitrogens with zero attached hydrogens (tertiary/aromatic N) is 6. The Balaban J connectivity index is 1.28. The van der Waals surface area contributed by atoms with Gasteiger partial charge in [-0.3, -0.25) is 14.6 Å². The topological polar surface area (TPSA) is 120 Å². The summed E-state index contributed by atoms with van der Waals surface area (Å²) in [5.41, 5.74) is 2.36. The minimum Gasteiger partial charge on any atom is -0.494 e. The number of piperazine rings is 1. The van der Waals surface area contributed by atoms with E-state index in [0.717, 1.165) is 60.9 Å². The molecule has 0 spiro atoms. The van der Waals surface area contributed by atoms with Crippen LogP contribution in [0.15, 0.2) is 47.3 Å². The summed E-state index contributed by atoms with van der Waals surface area (Å²) in [6, 6.07) is 13.3. The van der Waals surface area contributed by atoms with Crippen LogP contribution in [0, 0.1) is 0 Å². The Labute approximate surface area is 231 Å². The minimum atomic E-state index is -0.427. The number of methoxy groups -OCH3 is 1. The number of tetrazole rings is 1. The quantitative estimate of drug-likeness (QED) is 0.316. The predicted octanol–water partition coefficient (Wildman–Crippen LogP) is 2.20. The molecule has 2 aliphatic heterocycles. The number of rotatable bonds is 10. The average molecular weight is 548 g/mol. The largest absolute Gasteiger partial charge is 0.494 e. The number of fused-ring (bicyclic) bond motifs is 2. The standard InChI is InChI=1S/C28H33N7O5/c1-3-38-21-5-6-23-20(15-21)16-22(28(36)29-23)26(27-30-31-32-35(27)12-13-37-2)34-10-8-33(9-11-34)17-19-4-7-24-25(14-19)40-18-39-24/h4-7,14-16,26H,3,8-13,17-18H2,1-2H3,(H,29,36)/t26-/m1/s1. The van der Waals surface area contributed by atoms with Gasteiger partial charge in [0.25, 0.3) is 5.56 Å². The summed E-state index contributed by atoms with van der Waals surface area (Å²) < 4.78 is 23.7. The van der Waals surface area contributed by atoms with E-state index in [0.29, 0.717) is 31.1 Å². The fourth-order valence-electron chi connectivity index (χ4n) is 5.38. The van der Waals surface area contributed by atoms with E-state index in [1.165, 1.54) is 5.56 Å². The van der Waals surface area contributed by atoms with Crippen LogP contribution in [0.5, 0.6) is 17.2 Å². The Kier molecular flexibility index (Phi) is 7.62. The van der Waals surface area contributed by atoms with Gasteiger partial charge in [-0.25, -0.2) is 4.68 Å². The molecular formula is C28H33N7O5. The van der Waals surface area contributed by atoms with Crippen molar-refractivity contribution in [2.75, 3.05) is 53.3 Å². The number of pyridine rings is 1. The first-order valence-corrected chi connectivity index (χ1v) is 13.5. The van der Waals surface area contributed by atoms with Crippen molar-refractivity contribution < 1.29 is 18.9 Å². The molecule has 0 radical (unpaired) electrons. The molecule has 40 heavy (non-hydrogen) atoms. The van der Waals surface area contributed by atoms with Crippen LogP contribution in [0.2, 0.25) is 0 Å². The third-order valence-corrected chi connectivity index (χ3v) is 7.38. The molecule has 2 aromatic carbocycles. The van der Waals surface area contributed by atoms with E-state index >= 15 is 0 Å². The SMILES string of the molecule is CCOc1ccc2[nH]c(=O)c([C@H](c3nnnn3CCOC)N3CCN(Cc4ccc5c(c4)OCO5)CC3)cc2c1. The molecule has 0 saturated carbocycles. The van der Waals surface area contributed by atoms with Gasteiger partial charge in [-0.1, -0.05) is 6.07 Å². The Morgan fingerprint density at radius 3 is 2.73 bits per heavy atom. The normalized spacial score (nSPS) is 16.4. The Hall–Kier alpha value is -4.00. The van der Waals surface area contributed by atoms with E-state index in [1.807, 2.05) is 43.3 Å². The first-order valence-electron chi connectivity index (χ1n) is 13.5. The first-order chi connectivity index (χ1) is 19.6. The lowest BCUT2D eigenvalue weighted by molar-refractivity contribution is 0.0984. The van der Waals surface area contributed by atoms with Gasteiger partial charge in [0.2, 0.25) is 6.79 Å². The fraction of sp³-hybridized carbons (Fsp3) is 0.429. The van der Waals surface area contributed by atoms with Crippen LogP contribution in [-0.4, -0.2) is 88.3 Å². The molecule has 1 N–H and O–H groups in total. The molecule has 12 heteroatoms. The number of hydrogen-bond acceptors (Lipinski definition) is 10. The highest BCUT2D eigenvalue weighted by atomic mass is 16.7. The van der Waals surface area contributed by atoms with Crippen molar-refractivity contribution in [3.05, 3.63) is 69.8 Å². The van der Waals surface area contributed by atoms with Crippen LogP contribution in [0.25, 0.3) is 10.9 Å². The van der Waals surface area contributed by atoms with Gasteiger partial charge in [-0.05, 0) is 59.3 Å². The van der Waals surface area contributed by atoms with E-state index < -0.39 is 6.04 Å². The molecule has 4 heterocycles. The van der Waals surface area contributed by atoms with Crippen molar-refractivity contribution in [2.45, 2.75) is 26.1 Å². The molecule has 210 valence electrons. The lowest BCUT2D eigenvalue weighted by Gasteiger charge is -2.38. The van der Waals surface area contributed by atoms with E-state index in [2.05, 4.69) is 36.4 Å². The third-order valence-electron chi connectivity index (χ3n) is 7.38. The van der Waals surface area contributed by atoms with Crippen LogP contribution in [0.4, 0.5) is 0 Å². The lowest BCUT2D eigenvalue weighted by Crippen LogP contribution is -2.48. The second-order valence-electron chi connectivity index (χ2n) is 9.89. The molecule has 0 unspecified atom stereocenters. The smallest absolute Gasteiger partial charge is 0.253 e. The molecule has 0 amide bonds.